The van der Waals surface area contributed by atoms with E-state index in [1.807, 2.05) is 0 Å². The van der Waals surface area contributed by atoms with Crippen molar-refractivity contribution in [2.75, 3.05) is 5.75 Å². The number of hydrogen-bond acceptors (Lipinski definition) is 4. The van der Waals surface area contributed by atoms with Crippen LogP contribution in [-0.2, 0) is 16.1 Å². The first kappa shape index (κ1) is 8.12. The Labute approximate surface area is 69.4 Å². The van der Waals surface area contributed by atoms with Gasteiger partial charge in [-0.1, -0.05) is 24.0 Å². The summed E-state index contributed by atoms with van der Waals surface area (Å²) in [7, 11) is 0. The van der Waals surface area contributed by atoms with Crippen LogP contribution < -0.4 is 0 Å². The van der Waals surface area contributed by atoms with Gasteiger partial charge in [0.05, 0.1) is 5.75 Å². The molecule has 1 aliphatic heterocycles. The van der Waals surface area contributed by atoms with Crippen LogP contribution in [0.3, 0.4) is 0 Å². The molecule has 0 aromatic heterocycles. The van der Waals surface area contributed by atoms with Crippen molar-refractivity contribution in [2.24, 2.45) is 0 Å². The fourth-order valence-corrected chi connectivity index (χ4v) is 2.36. The SMILES string of the molecule is O=C1CSC(=S)N1S(=O)O. The van der Waals surface area contributed by atoms with Gasteiger partial charge in [-0.15, -0.1) is 0 Å². The van der Waals surface area contributed by atoms with Crippen LogP contribution in [-0.4, -0.2) is 29.0 Å². The molecule has 1 aliphatic rings. The third kappa shape index (κ3) is 1.36. The summed E-state index contributed by atoms with van der Waals surface area (Å²) in [5, 5.41) is 0. The molecule has 1 heterocycles. The summed E-state index contributed by atoms with van der Waals surface area (Å²) in [5.74, 6) is -0.235. The lowest BCUT2D eigenvalue weighted by Crippen LogP contribution is -2.29. The molecule has 0 bridgehead atoms. The van der Waals surface area contributed by atoms with E-state index in [9.17, 15) is 9.00 Å². The molecule has 0 radical (unpaired) electrons. The Morgan fingerprint density at radius 3 is 2.60 bits per heavy atom. The molecule has 1 N–H and O–H groups in total. The molecule has 10 heavy (non-hydrogen) atoms. The Morgan fingerprint density at radius 2 is 2.40 bits per heavy atom. The van der Waals surface area contributed by atoms with Crippen molar-refractivity contribution in [3.63, 3.8) is 0 Å². The van der Waals surface area contributed by atoms with Crippen LogP contribution in [0.2, 0.25) is 0 Å². The lowest BCUT2D eigenvalue weighted by atomic mass is 10.7. The Morgan fingerprint density at radius 1 is 1.80 bits per heavy atom. The summed E-state index contributed by atoms with van der Waals surface area (Å²) >= 11 is 3.43. The van der Waals surface area contributed by atoms with E-state index in [-0.39, 0.29) is 10.1 Å². The Hall–Kier alpha value is 0.0200. The molecule has 1 rings (SSSR count). The standard InChI is InChI=1S/C3H3NO3S3/c5-2-1-9-3(8)4(2)10(6)7/h1H2,(H,6,7). The first-order chi connectivity index (χ1) is 4.63. The molecular weight excluding hydrogens is 194 g/mol. The fraction of sp³-hybridized carbons (Fsp3) is 0.333. The van der Waals surface area contributed by atoms with E-state index in [0.29, 0.717) is 4.31 Å². The number of thiocarbonyl (C=S) groups is 1. The Bertz CT molecular complexity index is 199. The van der Waals surface area contributed by atoms with Gasteiger partial charge in [0, 0.05) is 0 Å². The van der Waals surface area contributed by atoms with Gasteiger partial charge in [0.1, 0.15) is 0 Å². The van der Waals surface area contributed by atoms with Crippen molar-refractivity contribution in [1.29, 1.82) is 0 Å². The normalized spacial score (nSPS) is 21.9. The number of carbonyl (C=O) groups excluding carboxylic acids is 1. The molecule has 4 nitrogen and oxygen atoms in total. The molecule has 1 unspecified atom stereocenters. The summed E-state index contributed by atoms with van der Waals surface area (Å²) in [6, 6.07) is 0. The molecule has 1 fully saturated rings. The van der Waals surface area contributed by atoms with Gasteiger partial charge in [0.15, 0.2) is 4.32 Å². The van der Waals surface area contributed by atoms with Crippen LogP contribution >= 0.6 is 24.0 Å². The summed E-state index contributed by atoms with van der Waals surface area (Å²) in [4.78, 5) is 10.7. The highest BCUT2D eigenvalue weighted by molar-refractivity contribution is 8.24. The Balaban J connectivity index is 2.82. The average Bonchev–Trinajstić information content (AvgIpc) is 2.11. The molecule has 0 spiro atoms. The minimum absolute atomic E-state index is 0.172. The topological polar surface area (TPSA) is 57.6 Å². The van der Waals surface area contributed by atoms with Crippen molar-refractivity contribution in [2.45, 2.75) is 0 Å². The predicted molar refractivity (Wildman–Crippen MR) is 42.7 cm³/mol. The summed E-state index contributed by atoms with van der Waals surface area (Å²) in [6.45, 7) is 0. The second-order valence-corrected chi connectivity index (χ2v) is 3.91. The zero-order chi connectivity index (χ0) is 7.72. The lowest BCUT2D eigenvalue weighted by Gasteiger charge is -2.06. The average molecular weight is 197 g/mol. The third-order valence-electron chi connectivity index (χ3n) is 0.868. The lowest BCUT2D eigenvalue weighted by molar-refractivity contribution is -0.120. The maximum absolute atomic E-state index is 10.7. The maximum Gasteiger partial charge on any atom is 0.270 e. The second-order valence-electron chi connectivity index (χ2n) is 1.47. The van der Waals surface area contributed by atoms with Gasteiger partial charge in [0.25, 0.3) is 17.2 Å². The zero-order valence-electron chi connectivity index (χ0n) is 4.64. The van der Waals surface area contributed by atoms with Gasteiger partial charge in [-0.2, -0.15) is 4.31 Å². The van der Waals surface area contributed by atoms with Crippen LogP contribution in [0.25, 0.3) is 0 Å². The van der Waals surface area contributed by atoms with Crippen LogP contribution in [0.5, 0.6) is 0 Å². The maximum atomic E-state index is 10.7. The highest BCUT2D eigenvalue weighted by Crippen LogP contribution is 2.19. The molecule has 1 saturated heterocycles. The van der Waals surface area contributed by atoms with E-state index >= 15 is 0 Å². The van der Waals surface area contributed by atoms with Gasteiger partial charge in [-0.05, 0) is 0 Å². The quantitative estimate of drug-likeness (QED) is 0.473. The molecule has 7 heteroatoms. The minimum atomic E-state index is -2.28. The van der Waals surface area contributed by atoms with Gasteiger partial charge in [0.2, 0.25) is 0 Å². The molecule has 0 aromatic rings. The third-order valence-corrected chi connectivity index (χ3v) is 3.15. The van der Waals surface area contributed by atoms with Crippen LogP contribution in [0.15, 0.2) is 0 Å². The molecular formula is C3H3NO3S3. The van der Waals surface area contributed by atoms with Gasteiger partial charge < -0.3 is 0 Å². The van der Waals surface area contributed by atoms with Gasteiger partial charge in [-0.3, -0.25) is 9.35 Å². The van der Waals surface area contributed by atoms with Crippen LogP contribution in [0.1, 0.15) is 0 Å². The largest absolute Gasteiger partial charge is 0.289 e. The molecule has 1 amide bonds. The highest BCUT2D eigenvalue weighted by Gasteiger charge is 2.30. The number of rotatable bonds is 1. The number of amides is 1. The number of carbonyl (C=O) groups is 1. The molecule has 1 atom stereocenters. The molecule has 0 saturated carbocycles. The van der Waals surface area contributed by atoms with Crippen molar-refractivity contribution >= 4 is 45.5 Å². The first-order valence-electron chi connectivity index (χ1n) is 2.23. The summed E-state index contributed by atoms with van der Waals surface area (Å²) < 4.78 is 19.7. The van der Waals surface area contributed by atoms with E-state index in [1.54, 1.807) is 0 Å². The van der Waals surface area contributed by atoms with Gasteiger partial charge >= 0.3 is 0 Å². The first-order valence-corrected chi connectivity index (χ1v) is 4.69. The number of nitrogens with zero attached hydrogens (tertiary/aromatic N) is 1. The van der Waals surface area contributed by atoms with E-state index in [4.69, 9.17) is 4.55 Å². The summed E-state index contributed by atoms with van der Waals surface area (Å²) in [6.07, 6.45) is 0. The highest BCUT2D eigenvalue weighted by atomic mass is 32.2. The smallest absolute Gasteiger partial charge is 0.270 e. The summed E-state index contributed by atoms with van der Waals surface area (Å²) in [5.41, 5.74) is 0. The van der Waals surface area contributed by atoms with Crippen molar-refractivity contribution in [3.05, 3.63) is 0 Å². The van der Waals surface area contributed by atoms with Crippen LogP contribution in [0, 0.1) is 0 Å². The van der Waals surface area contributed by atoms with E-state index in [1.165, 1.54) is 0 Å². The second kappa shape index (κ2) is 2.95. The van der Waals surface area contributed by atoms with Crippen LogP contribution in [0.4, 0.5) is 0 Å². The number of hydrogen-bond donors (Lipinski definition) is 1. The Kier molecular flexibility index (Phi) is 2.40. The van der Waals surface area contributed by atoms with Gasteiger partial charge in [-0.25, -0.2) is 4.21 Å². The van der Waals surface area contributed by atoms with E-state index < -0.39 is 17.2 Å². The van der Waals surface area contributed by atoms with E-state index in [2.05, 4.69) is 12.2 Å². The monoisotopic (exact) mass is 197 g/mol. The van der Waals surface area contributed by atoms with Crippen molar-refractivity contribution < 1.29 is 13.6 Å². The minimum Gasteiger partial charge on any atom is -0.289 e. The zero-order valence-corrected chi connectivity index (χ0v) is 7.09. The predicted octanol–water partition coefficient (Wildman–Crippen LogP) is -0.0166. The van der Waals surface area contributed by atoms with Crippen molar-refractivity contribution in [3.8, 4) is 0 Å². The molecule has 0 aliphatic carbocycles. The fourth-order valence-electron chi connectivity index (χ4n) is 0.493. The van der Waals surface area contributed by atoms with E-state index in [0.717, 1.165) is 11.8 Å². The molecule has 0 aromatic carbocycles. The van der Waals surface area contributed by atoms with Crippen molar-refractivity contribution in [1.82, 2.24) is 4.31 Å². The number of thioether (sulfide) groups is 1. The molecule has 56 valence electrons.